The van der Waals surface area contributed by atoms with Crippen LogP contribution in [0, 0.1) is 11.6 Å². The van der Waals surface area contributed by atoms with Crippen LogP contribution in [0.3, 0.4) is 0 Å². The molecule has 4 nitrogen and oxygen atoms in total. The highest BCUT2D eigenvalue weighted by Gasteiger charge is 2.18. The highest BCUT2D eigenvalue weighted by atomic mass is 19.2. The van der Waals surface area contributed by atoms with Gasteiger partial charge in [-0.25, -0.2) is 8.78 Å². The molecule has 0 heterocycles. The summed E-state index contributed by atoms with van der Waals surface area (Å²) in [5, 5.41) is 2.60. The topological polar surface area (TPSA) is 64.3 Å². The van der Waals surface area contributed by atoms with Gasteiger partial charge in [0.1, 0.15) is 0 Å². The number of ether oxygens (including phenoxy) is 1. The second kappa shape index (κ2) is 6.42. The maximum absolute atomic E-state index is 13.1. The number of carbonyl (C=O) groups is 1. The molecular formula is C12H16F2N2O2. The average Bonchev–Trinajstić information content (AvgIpc) is 2.32. The highest BCUT2D eigenvalue weighted by molar-refractivity contribution is 5.81. The summed E-state index contributed by atoms with van der Waals surface area (Å²) in [5.74, 6) is -2.29. The van der Waals surface area contributed by atoms with Gasteiger partial charge in [-0.05, 0) is 24.6 Å². The molecule has 0 aliphatic carbocycles. The second-order valence-electron chi connectivity index (χ2n) is 3.98. The molecule has 6 heteroatoms. The molecule has 0 radical (unpaired) electrons. The van der Waals surface area contributed by atoms with Gasteiger partial charge < -0.3 is 15.8 Å². The Morgan fingerprint density at radius 3 is 2.61 bits per heavy atom. The molecule has 1 aromatic rings. The first-order valence-corrected chi connectivity index (χ1v) is 5.45. The van der Waals surface area contributed by atoms with E-state index in [-0.39, 0.29) is 12.5 Å². The van der Waals surface area contributed by atoms with Crippen molar-refractivity contribution in [3.05, 3.63) is 35.4 Å². The van der Waals surface area contributed by atoms with Crippen LogP contribution in [0.2, 0.25) is 0 Å². The number of benzene rings is 1. The zero-order valence-electron chi connectivity index (χ0n) is 10.2. The third kappa shape index (κ3) is 3.75. The monoisotopic (exact) mass is 258 g/mol. The molecule has 0 aliphatic rings. The summed E-state index contributed by atoms with van der Waals surface area (Å²) in [6.07, 6.45) is 0. The minimum absolute atomic E-state index is 0.142. The Balaban J connectivity index is 2.89. The van der Waals surface area contributed by atoms with Crippen LogP contribution in [-0.4, -0.2) is 25.7 Å². The Kier molecular flexibility index (Phi) is 5.18. The third-order valence-corrected chi connectivity index (χ3v) is 2.41. The zero-order chi connectivity index (χ0) is 13.7. The van der Waals surface area contributed by atoms with Gasteiger partial charge in [0.25, 0.3) is 0 Å². The van der Waals surface area contributed by atoms with E-state index in [2.05, 4.69) is 5.32 Å². The van der Waals surface area contributed by atoms with Crippen molar-refractivity contribution < 1.29 is 18.3 Å². The van der Waals surface area contributed by atoms with Crippen molar-refractivity contribution in [2.75, 3.05) is 13.7 Å². The first-order chi connectivity index (χ1) is 8.45. The first-order valence-electron chi connectivity index (χ1n) is 5.45. The molecule has 18 heavy (non-hydrogen) atoms. The van der Waals surface area contributed by atoms with Crippen molar-refractivity contribution in [2.24, 2.45) is 5.73 Å². The molecule has 100 valence electrons. The summed E-state index contributed by atoms with van der Waals surface area (Å²) >= 11 is 0. The van der Waals surface area contributed by atoms with Crippen molar-refractivity contribution in [2.45, 2.75) is 19.0 Å². The zero-order valence-corrected chi connectivity index (χ0v) is 10.2. The van der Waals surface area contributed by atoms with Crippen molar-refractivity contribution in [1.29, 1.82) is 0 Å². The maximum Gasteiger partial charge on any atom is 0.237 e. The Labute approximate surface area is 104 Å². The fraction of sp³-hybridized carbons (Fsp3) is 0.417. The molecule has 0 bridgehead atoms. The fourth-order valence-electron chi connectivity index (χ4n) is 1.42. The Bertz CT molecular complexity index is 425. The number of amides is 1. The molecule has 0 aromatic heterocycles. The minimum Gasteiger partial charge on any atom is -0.382 e. The number of hydrogen-bond acceptors (Lipinski definition) is 3. The number of nitrogens with two attached hydrogens (primary N) is 1. The van der Waals surface area contributed by atoms with Gasteiger partial charge in [0.05, 0.1) is 18.7 Å². The van der Waals surface area contributed by atoms with Crippen LogP contribution < -0.4 is 11.1 Å². The molecule has 2 unspecified atom stereocenters. The lowest BCUT2D eigenvalue weighted by Crippen LogP contribution is -2.41. The van der Waals surface area contributed by atoms with E-state index in [0.717, 1.165) is 12.1 Å². The Hall–Kier alpha value is -1.53. The smallest absolute Gasteiger partial charge is 0.237 e. The fourth-order valence-corrected chi connectivity index (χ4v) is 1.42. The lowest BCUT2D eigenvalue weighted by atomic mass is 10.1. The molecule has 1 amide bonds. The second-order valence-corrected chi connectivity index (χ2v) is 3.98. The Morgan fingerprint density at radius 1 is 1.44 bits per heavy atom. The van der Waals surface area contributed by atoms with Crippen molar-refractivity contribution in [3.8, 4) is 0 Å². The maximum atomic E-state index is 13.1. The van der Waals surface area contributed by atoms with E-state index in [4.69, 9.17) is 10.5 Å². The van der Waals surface area contributed by atoms with Crippen molar-refractivity contribution >= 4 is 5.91 Å². The molecule has 3 N–H and O–H groups in total. The molecule has 0 fully saturated rings. The summed E-state index contributed by atoms with van der Waals surface area (Å²) in [7, 11) is 1.45. The van der Waals surface area contributed by atoms with Crippen LogP contribution in [0.4, 0.5) is 8.78 Å². The summed E-state index contributed by atoms with van der Waals surface area (Å²) in [5.41, 5.74) is 5.85. The van der Waals surface area contributed by atoms with Crippen LogP contribution in [-0.2, 0) is 9.53 Å². The molecule has 1 aromatic carbocycles. The third-order valence-electron chi connectivity index (χ3n) is 2.41. The van der Waals surface area contributed by atoms with Gasteiger partial charge in [-0.2, -0.15) is 0 Å². The molecule has 0 saturated carbocycles. The van der Waals surface area contributed by atoms with Crippen LogP contribution in [0.1, 0.15) is 18.5 Å². The molecule has 2 atom stereocenters. The van der Waals surface area contributed by atoms with Crippen LogP contribution in [0.25, 0.3) is 0 Å². The number of rotatable bonds is 5. The van der Waals surface area contributed by atoms with Gasteiger partial charge >= 0.3 is 0 Å². The number of hydrogen-bond donors (Lipinski definition) is 2. The van der Waals surface area contributed by atoms with Crippen LogP contribution in [0.5, 0.6) is 0 Å². The number of carbonyl (C=O) groups excluding carboxylic acids is 1. The molecule has 0 spiro atoms. The van der Waals surface area contributed by atoms with Crippen molar-refractivity contribution in [3.63, 3.8) is 0 Å². The standard InChI is InChI=1S/C12H16F2N2O2/c1-7(15)12(17)16-11(6-18-2)8-3-4-9(13)10(14)5-8/h3-5,7,11H,6,15H2,1-2H3,(H,16,17). The summed E-state index contributed by atoms with van der Waals surface area (Å²) in [6.45, 7) is 1.67. The average molecular weight is 258 g/mol. The van der Waals surface area contributed by atoms with E-state index in [1.165, 1.54) is 20.1 Å². The van der Waals surface area contributed by atoms with E-state index in [9.17, 15) is 13.6 Å². The number of methoxy groups -OCH3 is 1. The molecule has 1 rings (SSSR count). The van der Waals surface area contributed by atoms with Crippen LogP contribution in [0.15, 0.2) is 18.2 Å². The normalized spacial score (nSPS) is 14.1. The quantitative estimate of drug-likeness (QED) is 0.831. The summed E-state index contributed by atoms with van der Waals surface area (Å²) < 4.78 is 30.9. The highest BCUT2D eigenvalue weighted by Crippen LogP contribution is 2.17. The largest absolute Gasteiger partial charge is 0.382 e. The SMILES string of the molecule is COCC(NC(=O)C(C)N)c1ccc(F)c(F)c1. The lowest BCUT2D eigenvalue weighted by Gasteiger charge is -2.19. The van der Waals surface area contributed by atoms with Gasteiger partial charge in [0, 0.05) is 7.11 Å². The summed E-state index contributed by atoms with van der Waals surface area (Å²) in [6, 6.07) is 2.17. The molecule has 0 saturated heterocycles. The molecule has 0 aliphatic heterocycles. The van der Waals surface area contributed by atoms with Gasteiger partial charge in [-0.3, -0.25) is 4.79 Å². The van der Waals surface area contributed by atoms with E-state index in [1.54, 1.807) is 0 Å². The predicted molar refractivity (Wildman–Crippen MR) is 62.8 cm³/mol. The van der Waals surface area contributed by atoms with E-state index in [1.807, 2.05) is 0 Å². The van der Waals surface area contributed by atoms with Gasteiger partial charge in [-0.1, -0.05) is 6.07 Å². The van der Waals surface area contributed by atoms with E-state index < -0.39 is 23.7 Å². The van der Waals surface area contributed by atoms with Gasteiger partial charge in [0.15, 0.2) is 11.6 Å². The predicted octanol–water partition coefficient (Wildman–Crippen LogP) is 1.12. The molecular weight excluding hydrogens is 242 g/mol. The summed E-state index contributed by atoms with van der Waals surface area (Å²) in [4.78, 5) is 11.5. The van der Waals surface area contributed by atoms with E-state index >= 15 is 0 Å². The van der Waals surface area contributed by atoms with Crippen LogP contribution >= 0.6 is 0 Å². The van der Waals surface area contributed by atoms with Crippen molar-refractivity contribution in [1.82, 2.24) is 5.32 Å². The first kappa shape index (κ1) is 14.5. The van der Waals surface area contributed by atoms with E-state index in [0.29, 0.717) is 5.56 Å². The van der Waals surface area contributed by atoms with Gasteiger partial charge in [-0.15, -0.1) is 0 Å². The van der Waals surface area contributed by atoms with Gasteiger partial charge in [0.2, 0.25) is 5.91 Å². The Morgan fingerprint density at radius 2 is 2.11 bits per heavy atom. The number of nitrogens with one attached hydrogen (secondary N) is 1. The minimum atomic E-state index is -0.969. The lowest BCUT2D eigenvalue weighted by molar-refractivity contribution is -0.123. The number of halogens is 2.